The molecule has 0 aliphatic heterocycles. The van der Waals surface area contributed by atoms with E-state index in [0.29, 0.717) is 13.1 Å². The lowest BCUT2D eigenvalue weighted by molar-refractivity contribution is 0.416. The molecule has 0 saturated carbocycles. The van der Waals surface area contributed by atoms with Crippen molar-refractivity contribution >= 4 is 0 Å². The van der Waals surface area contributed by atoms with Crippen LogP contribution in [0.2, 0.25) is 0 Å². The van der Waals surface area contributed by atoms with Crippen LogP contribution in [0, 0.1) is 0 Å². The number of nitrogens with one attached hydrogen (secondary N) is 1. The second-order valence-corrected chi connectivity index (χ2v) is 3.78. The van der Waals surface area contributed by atoms with Gasteiger partial charge in [-0.3, -0.25) is 9.36 Å². The Morgan fingerprint density at radius 3 is 2.59 bits per heavy atom. The molecule has 0 aromatic carbocycles. The Balaban J connectivity index is 1.86. The molecule has 0 saturated heterocycles. The summed E-state index contributed by atoms with van der Waals surface area (Å²) in [6.07, 6.45) is 3.46. The van der Waals surface area contributed by atoms with Crippen LogP contribution in [0.4, 0.5) is 4.39 Å². The molecule has 2 heterocycles. The van der Waals surface area contributed by atoms with E-state index in [-0.39, 0.29) is 0 Å². The molecular weight excluding hydrogens is 221 g/mol. The van der Waals surface area contributed by atoms with Crippen LogP contribution in [-0.2, 0) is 26.7 Å². The molecule has 1 N–H and O–H groups in total. The van der Waals surface area contributed by atoms with Crippen LogP contribution in [0.3, 0.4) is 0 Å². The van der Waals surface area contributed by atoms with E-state index in [1.54, 1.807) is 17.1 Å². The first-order chi connectivity index (χ1) is 8.31. The van der Waals surface area contributed by atoms with Gasteiger partial charge in [-0.05, 0) is 12.1 Å². The van der Waals surface area contributed by atoms with E-state index in [2.05, 4.69) is 15.5 Å². The van der Waals surface area contributed by atoms with Crippen molar-refractivity contribution in [3.05, 3.63) is 35.9 Å². The number of nitrogens with zero attached hydrogens (tertiary/aromatic N) is 4. The Bertz CT molecular complexity index is 462. The number of aromatic nitrogens is 4. The average Bonchev–Trinajstić information content (AvgIpc) is 2.90. The summed E-state index contributed by atoms with van der Waals surface area (Å²) in [5.41, 5.74) is 2.10. The molecule has 0 spiro atoms. The van der Waals surface area contributed by atoms with Gasteiger partial charge in [-0.15, -0.1) is 0 Å². The third-order valence-electron chi connectivity index (χ3n) is 2.64. The van der Waals surface area contributed by atoms with Gasteiger partial charge in [0.2, 0.25) is 0 Å². The first-order valence-corrected chi connectivity index (χ1v) is 5.55. The number of halogens is 1. The quantitative estimate of drug-likeness (QED) is 0.811. The molecule has 0 bridgehead atoms. The largest absolute Gasteiger partial charge is 0.306 e. The maximum Gasteiger partial charge on any atom is 0.109 e. The number of alkyl halides is 1. The van der Waals surface area contributed by atoms with Crippen LogP contribution in [0.1, 0.15) is 11.4 Å². The lowest BCUT2D eigenvalue weighted by atomic mass is 10.4. The second kappa shape index (κ2) is 5.58. The van der Waals surface area contributed by atoms with E-state index < -0.39 is 6.67 Å². The molecule has 0 radical (unpaired) electrons. The lowest BCUT2D eigenvalue weighted by Crippen LogP contribution is -2.18. The predicted octanol–water partition coefficient (Wildman–Crippen LogP) is 0.876. The van der Waals surface area contributed by atoms with Crippen molar-refractivity contribution in [1.82, 2.24) is 24.9 Å². The lowest BCUT2D eigenvalue weighted by Gasteiger charge is -2.07. The van der Waals surface area contributed by atoms with Crippen molar-refractivity contribution < 1.29 is 4.39 Å². The molecule has 0 amide bonds. The topological polar surface area (TPSA) is 47.7 Å². The highest BCUT2D eigenvalue weighted by molar-refractivity contribution is 5.02. The zero-order chi connectivity index (χ0) is 12.1. The van der Waals surface area contributed by atoms with Crippen LogP contribution in [0.25, 0.3) is 0 Å². The molecule has 0 atom stereocenters. The summed E-state index contributed by atoms with van der Waals surface area (Å²) in [5, 5.41) is 11.4. The molecule has 5 nitrogen and oxygen atoms in total. The molecule has 0 unspecified atom stereocenters. The van der Waals surface area contributed by atoms with E-state index >= 15 is 0 Å². The van der Waals surface area contributed by atoms with Crippen molar-refractivity contribution in [2.75, 3.05) is 6.67 Å². The standard InChI is InChI=1S/C11H16FN5/c1-16-10(2-5-14-16)8-13-9-11-3-6-15-17(11)7-4-12/h2-3,5-6,13H,4,7-9H2,1H3. The molecule has 6 heteroatoms. The fourth-order valence-electron chi connectivity index (χ4n) is 1.68. The van der Waals surface area contributed by atoms with E-state index in [9.17, 15) is 4.39 Å². The minimum Gasteiger partial charge on any atom is -0.306 e. The number of hydrogen-bond acceptors (Lipinski definition) is 3. The molecule has 0 aliphatic rings. The van der Waals surface area contributed by atoms with Crippen LogP contribution < -0.4 is 5.32 Å². The molecule has 2 aromatic heterocycles. The zero-order valence-electron chi connectivity index (χ0n) is 9.80. The van der Waals surface area contributed by atoms with Gasteiger partial charge < -0.3 is 5.32 Å². The first kappa shape index (κ1) is 11.8. The second-order valence-electron chi connectivity index (χ2n) is 3.78. The van der Waals surface area contributed by atoms with E-state index in [1.807, 2.05) is 23.9 Å². The summed E-state index contributed by atoms with van der Waals surface area (Å²) in [6.45, 7) is 1.33. The molecule has 92 valence electrons. The normalized spacial score (nSPS) is 10.9. The minimum atomic E-state index is -0.392. The SMILES string of the molecule is Cn1nccc1CNCc1ccnn1CCF. The zero-order valence-corrected chi connectivity index (χ0v) is 9.80. The molecule has 17 heavy (non-hydrogen) atoms. The molecule has 2 aromatic rings. The Morgan fingerprint density at radius 2 is 1.88 bits per heavy atom. The van der Waals surface area contributed by atoms with Crippen LogP contribution in [0.5, 0.6) is 0 Å². The summed E-state index contributed by atoms with van der Waals surface area (Å²) in [6, 6.07) is 3.86. The maximum absolute atomic E-state index is 12.2. The van der Waals surface area contributed by atoms with Crippen LogP contribution in [0.15, 0.2) is 24.5 Å². The molecular formula is C11H16FN5. The molecule has 2 rings (SSSR count). The Labute approximate surface area is 99.2 Å². The highest BCUT2D eigenvalue weighted by Crippen LogP contribution is 2.00. The van der Waals surface area contributed by atoms with Crippen molar-refractivity contribution in [2.45, 2.75) is 19.6 Å². The smallest absolute Gasteiger partial charge is 0.109 e. The van der Waals surface area contributed by atoms with Gasteiger partial charge in [-0.25, -0.2) is 4.39 Å². The van der Waals surface area contributed by atoms with Gasteiger partial charge in [0.15, 0.2) is 0 Å². The van der Waals surface area contributed by atoms with Gasteiger partial charge in [0.1, 0.15) is 6.67 Å². The third-order valence-corrected chi connectivity index (χ3v) is 2.64. The third kappa shape index (κ3) is 2.91. The van der Waals surface area contributed by atoms with E-state index in [0.717, 1.165) is 17.9 Å². The van der Waals surface area contributed by atoms with E-state index in [4.69, 9.17) is 0 Å². The highest BCUT2D eigenvalue weighted by atomic mass is 19.1. The number of aryl methyl sites for hydroxylation is 2. The Kier molecular flexibility index (Phi) is 3.87. The van der Waals surface area contributed by atoms with Gasteiger partial charge in [-0.2, -0.15) is 10.2 Å². The van der Waals surface area contributed by atoms with Crippen molar-refractivity contribution in [3.8, 4) is 0 Å². The minimum absolute atomic E-state index is 0.315. The summed E-state index contributed by atoms with van der Waals surface area (Å²) >= 11 is 0. The van der Waals surface area contributed by atoms with Gasteiger partial charge in [-0.1, -0.05) is 0 Å². The summed E-state index contributed by atoms with van der Waals surface area (Å²) in [4.78, 5) is 0. The average molecular weight is 237 g/mol. The molecule has 0 fully saturated rings. The fraction of sp³-hybridized carbons (Fsp3) is 0.455. The first-order valence-electron chi connectivity index (χ1n) is 5.55. The van der Waals surface area contributed by atoms with E-state index in [1.165, 1.54) is 0 Å². The highest BCUT2D eigenvalue weighted by Gasteiger charge is 2.02. The Hall–Kier alpha value is -1.69. The maximum atomic E-state index is 12.2. The van der Waals surface area contributed by atoms with Crippen molar-refractivity contribution in [2.24, 2.45) is 7.05 Å². The number of rotatable bonds is 6. The number of hydrogen-bond donors (Lipinski definition) is 1. The van der Waals surface area contributed by atoms with Gasteiger partial charge in [0, 0.05) is 32.5 Å². The fourth-order valence-corrected chi connectivity index (χ4v) is 1.68. The summed E-state index contributed by atoms with van der Waals surface area (Å²) in [7, 11) is 1.91. The van der Waals surface area contributed by atoms with Gasteiger partial charge in [0.25, 0.3) is 0 Å². The monoisotopic (exact) mass is 237 g/mol. The van der Waals surface area contributed by atoms with Crippen molar-refractivity contribution in [1.29, 1.82) is 0 Å². The molecule has 0 aliphatic carbocycles. The van der Waals surface area contributed by atoms with Crippen molar-refractivity contribution in [3.63, 3.8) is 0 Å². The van der Waals surface area contributed by atoms with Crippen LogP contribution >= 0.6 is 0 Å². The van der Waals surface area contributed by atoms with Gasteiger partial charge in [0.05, 0.1) is 17.9 Å². The van der Waals surface area contributed by atoms with Crippen LogP contribution in [-0.4, -0.2) is 26.2 Å². The Morgan fingerprint density at radius 1 is 1.18 bits per heavy atom. The summed E-state index contributed by atoms with van der Waals surface area (Å²) in [5.74, 6) is 0. The van der Waals surface area contributed by atoms with Gasteiger partial charge >= 0.3 is 0 Å². The summed E-state index contributed by atoms with van der Waals surface area (Å²) < 4.78 is 15.7. The predicted molar refractivity (Wildman–Crippen MR) is 62.0 cm³/mol.